The highest BCUT2D eigenvalue weighted by molar-refractivity contribution is 5.84. The van der Waals surface area contributed by atoms with Crippen LogP contribution in [0.15, 0.2) is 60.9 Å². The number of anilines is 3. The molecule has 0 amide bonds. The van der Waals surface area contributed by atoms with Crippen molar-refractivity contribution in [1.29, 1.82) is 0 Å². The maximum Gasteiger partial charge on any atom is 0.422 e. The Morgan fingerprint density at radius 1 is 0.857 bits per heavy atom. The molecule has 2 aromatic heterocycles. The summed E-state index contributed by atoms with van der Waals surface area (Å²) in [6.07, 6.45) is -5.93. The molecule has 2 aromatic carbocycles. The molecule has 0 aliphatic rings. The Balaban J connectivity index is 1.60. The van der Waals surface area contributed by atoms with Gasteiger partial charge in [-0.3, -0.25) is 4.98 Å². The van der Waals surface area contributed by atoms with Crippen molar-refractivity contribution < 1.29 is 31.1 Å². The summed E-state index contributed by atoms with van der Waals surface area (Å²) >= 11 is 0. The van der Waals surface area contributed by atoms with E-state index in [2.05, 4.69) is 35.3 Å². The molecule has 2 heterocycles. The van der Waals surface area contributed by atoms with Gasteiger partial charge in [-0.25, -0.2) is 0 Å². The van der Waals surface area contributed by atoms with Crippen LogP contribution in [0.5, 0.6) is 6.01 Å². The first-order valence-electron chi connectivity index (χ1n) is 10.0. The second-order valence-electron chi connectivity index (χ2n) is 7.24. The van der Waals surface area contributed by atoms with E-state index in [4.69, 9.17) is 0 Å². The smallest absolute Gasteiger partial charge is 0.422 e. The van der Waals surface area contributed by atoms with E-state index in [-0.39, 0.29) is 24.1 Å². The van der Waals surface area contributed by atoms with Crippen LogP contribution in [0.2, 0.25) is 0 Å². The lowest BCUT2D eigenvalue weighted by Gasteiger charge is -2.13. The Bertz CT molecular complexity index is 1320. The number of aromatic nitrogens is 4. The van der Waals surface area contributed by atoms with Crippen LogP contribution in [0.1, 0.15) is 11.1 Å². The van der Waals surface area contributed by atoms with Crippen molar-refractivity contribution in [3.05, 3.63) is 72.1 Å². The first-order chi connectivity index (χ1) is 16.6. The summed E-state index contributed by atoms with van der Waals surface area (Å²) in [5, 5.41) is 7.21. The molecule has 0 saturated carbocycles. The predicted molar refractivity (Wildman–Crippen MR) is 115 cm³/mol. The van der Waals surface area contributed by atoms with Crippen molar-refractivity contribution >= 4 is 28.4 Å². The third kappa shape index (κ3) is 6.46. The summed E-state index contributed by atoms with van der Waals surface area (Å²) in [7, 11) is 0. The summed E-state index contributed by atoms with van der Waals surface area (Å²) in [5.74, 6) is -0.446. The number of pyridine rings is 1. The summed E-state index contributed by atoms with van der Waals surface area (Å²) in [6, 6.07) is 10.9. The molecule has 35 heavy (non-hydrogen) atoms. The molecular weight excluding hydrogens is 478 g/mol. The Morgan fingerprint density at radius 3 is 2.40 bits per heavy atom. The van der Waals surface area contributed by atoms with E-state index in [0.717, 1.165) is 28.5 Å². The molecule has 0 saturated heterocycles. The second kappa shape index (κ2) is 9.60. The molecular formula is C22H16F6N6O. The highest BCUT2D eigenvalue weighted by Gasteiger charge is 2.31. The lowest BCUT2D eigenvalue weighted by molar-refractivity contribution is -0.154. The fourth-order valence-corrected chi connectivity index (χ4v) is 3.12. The quantitative estimate of drug-likeness (QED) is 0.317. The molecule has 0 radical (unpaired) electrons. The Morgan fingerprint density at radius 2 is 1.63 bits per heavy atom. The van der Waals surface area contributed by atoms with Crippen LogP contribution < -0.4 is 15.4 Å². The molecule has 2 N–H and O–H groups in total. The summed E-state index contributed by atoms with van der Waals surface area (Å²) in [5.41, 5.74) is -0.121. The van der Waals surface area contributed by atoms with Gasteiger partial charge in [0.2, 0.25) is 11.9 Å². The maximum absolute atomic E-state index is 13.0. The van der Waals surface area contributed by atoms with Crippen LogP contribution in [0, 0.1) is 0 Å². The van der Waals surface area contributed by atoms with Gasteiger partial charge in [0.25, 0.3) is 0 Å². The van der Waals surface area contributed by atoms with Gasteiger partial charge < -0.3 is 15.4 Å². The van der Waals surface area contributed by atoms with E-state index in [1.807, 2.05) is 18.2 Å². The topological polar surface area (TPSA) is 84.8 Å². The summed E-state index contributed by atoms with van der Waals surface area (Å²) in [6.45, 7) is -1.47. The number of nitrogens with zero attached hydrogens (tertiary/aromatic N) is 4. The van der Waals surface area contributed by atoms with Crippen molar-refractivity contribution in [1.82, 2.24) is 19.9 Å². The normalized spacial score (nSPS) is 11.9. The second-order valence-corrected chi connectivity index (χ2v) is 7.24. The van der Waals surface area contributed by atoms with Gasteiger partial charge in [-0.15, -0.1) is 0 Å². The van der Waals surface area contributed by atoms with Crippen LogP contribution in [0.4, 0.5) is 43.9 Å². The Hall–Kier alpha value is -4.16. The summed E-state index contributed by atoms with van der Waals surface area (Å²) < 4.78 is 81.5. The minimum Gasteiger partial charge on any atom is -0.454 e. The van der Waals surface area contributed by atoms with Gasteiger partial charge in [-0.05, 0) is 35.2 Å². The predicted octanol–water partition coefficient (Wildman–Crippen LogP) is 5.74. The number of hydrogen-bond acceptors (Lipinski definition) is 7. The molecule has 7 nitrogen and oxygen atoms in total. The van der Waals surface area contributed by atoms with Gasteiger partial charge in [-0.2, -0.15) is 41.3 Å². The van der Waals surface area contributed by atoms with Crippen molar-refractivity contribution in [2.45, 2.75) is 18.9 Å². The molecule has 4 aromatic rings. The number of fused-ring (bicyclic) bond motifs is 1. The van der Waals surface area contributed by atoms with Crippen molar-refractivity contribution in [2.24, 2.45) is 0 Å². The van der Waals surface area contributed by atoms with Crippen molar-refractivity contribution in [3.8, 4) is 6.01 Å². The summed E-state index contributed by atoms with van der Waals surface area (Å²) in [4.78, 5) is 15.7. The highest BCUT2D eigenvalue weighted by Crippen LogP contribution is 2.31. The SMILES string of the molecule is FC(F)(F)COc1nc(NCc2cccc3cnccc23)nc(Nc2cccc(C(F)(F)F)c2)n1. The van der Waals surface area contributed by atoms with Gasteiger partial charge in [0.05, 0.1) is 5.56 Å². The molecule has 0 atom stereocenters. The van der Waals surface area contributed by atoms with Gasteiger partial charge >= 0.3 is 18.4 Å². The van der Waals surface area contributed by atoms with E-state index >= 15 is 0 Å². The first kappa shape index (κ1) is 24.0. The average Bonchev–Trinajstić information content (AvgIpc) is 2.80. The standard InChI is InChI=1S/C22H16F6N6O/c23-21(24,25)12-35-20-33-18(30-11-14-4-1-3-13-10-29-8-7-17(13)14)32-19(34-20)31-16-6-2-5-15(9-16)22(26,27)28/h1-10H,11-12H2,(H2,30,31,32,33,34). The number of alkyl halides is 6. The molecule has 0 bridgehead atoms. The van der Waals surface area contributed by atoms with Gasteiger partial charge in [-0.1, -0.05) is 24.3 Å². The zero-order valence-electron chi connectivity index (χ0n) is 17.7. The number of halogens is 6. The lowest BCUT2D eigenvalue weighted by Crippen LogP contribution is -2.21. The largest absolute Gasteiger partial charge is 0.454 e. The van der Waals surface area contributed by atoms with E-state index < -0.39 is 30.5 Å². The van der Waals surface area contributed by atoms with Crippen LogP contribution in [0.25, 0.3) is 10.8 Å². The van der Waals surface area contributed by atoms with Crippen molar-refractivity contribution in [3.63, 3.8) is 0 Å². The van der Waals surface area contributed by atoms with Gasteiger partial charge in [0.15, 0.2) is 6.61 Å². The molecule has 4 rings (SSSR count). The van der Waals surface area contributed by atoms with E-state index in [1.54, 1.807) is 18.5 Å². The van der Waals surface area contributed by atoms with E-state index in [0.29, 0.717) is 0 Å². The maximum atomic E-state index is 13.0. The number of ether oxygens (including phenoxy) is 1. The number of benzene rings is 2. The van der Waals surface area contributed by atoms with Crippen LogP contribution in [-0.2, 0) is 12.7 Å². The van der Waals surface area contributed by atoms with Gasteiger partial charge in [0, 0.05) is 30.0 Å². The molecule has 0 unspecified atom stereocenters. The molecule has 0 aliphatic heterocycles. The third-order valence-electron chi connectivity index (χ3n) is 4.63. The van der Waals surface area contributed by atoms with Crippen LogP contribution in [0.3, 0.4) is 0 Å². The van der Waals surface area contributed by atoms with Gasteiger partial charge in [0.1, 0.15) is 0 Å². The third-order valence-corrected chi connectivity index (χ3v) is 4.63. The average molecular weight is 494 g/mol. The minimum atomic E-state index is -4.65. The highest BCUT2D eigenvalue weighted by atomic mass is 19.4. The number of nitrogens with one attached hydrogen (secondary N) is 2. The Labute approximate surface area is 194 Å². The minimum absolute atomic E-state index is 0.0275. The zero-order valence-corrected chi connectivity index (χ0v) is 17.7. The first-order valence-corrected chi connectivity index (χ1v) is 10.0. The van der Waals surface area contributed by atoms with Crippen molar-refractivity contribution in [2.75, 3.05) is 17.2 Å². The molecule has 182 valence electrons. The molecule has 0 fully saturated rings. The molecule has 13 heteroatoms. The fourth-order valence-electron chi connectivity index (χ4n) is 3.12. The fraction of sp³-hybridized carbons (Fsp3) is 0.182. The lowest BCUT2D eigenvalue weighted by atomic mass is 10.1. The molecule has 0 spiro atoms. The number of rotatable bonds is 7. The Kier molecular flexibility index (Phi) is 6.58. The number of hydrogen-bond donors (Lipinski definition) is 2. The molecule has 0 aliphatic carbocycles. The van der Waals surface area contributed by atoms with E-state index in [1.165, 1.54) is 12.1 Å². The zero-order chi connectivity index (χ0) is 25.1. The monoisotopic (exact) mass is 494 g/mol. The van der Waals surface area contributed by atoms with E-state index in [9.17, 15) is 26.3 Å². The van der Waals surface area contributed by atoms with Crippen LogP contribution in [-0.4, -0.2) is 32.7 Å². The van der Waals surface area contributed by atoms with Crippen LogP contribution >= 0.6 is 0 Å².